The summed E-state index contributed by atoms with van der Waals surface area (Å²) in [5, 5.41) is 37.2. The Hall–Kier alpha value is -3.18. The van der Waals surface area contributed by atoms with Crippen molar-refractivity contribution in [3.63, 3.8) is 0 Å². The van der Waals surface area contributed by atoms with Crippen molar-refractivity contribution in [2.24, 2.45) is 0 Å². The minimum atomic E-state index is -0.681. The average molecular weight is 1090 g/mol. The molecule has 2 aliphatic rings. The van der Waals surface area contributed by atoms with Crippen LogP contribution in [0.15, 0.2) is 94.7 Å². The van der Waals surface area contributed by atoms with Crippen LogP contribution in [0.2, 0.25) is 0 Å². The highest BCUT2D eigenvalue weighted by Gasteiger charge is 2.42. The summed E-state index contributed by atoms with van der Waals surface area (Å²) in [6.07, 6.45) is 27.5. The number of unbranched alkanes of at least 4 members (excludes halogenated alkanes) is 16. The second-order valence-electron chi connectivity index (χ2n) is 21.9. The highest BCUT2D eigenvalue weighted by molar-refractivity contribution is 8.00. The van der Waals surface area contributed by atoms with Crippen molar-refractivity contribution in [1.82, 2.24) is 0 Å². The maximum absolute atomic E-state index is 10.5. The summed E-state index contributed by atoms with van der Waals surface area (Å²) < 4.78 is 0. The smallest absolute Gasteiger partial charge is 0.303 e. The Bertz CT molecular complexity index is 2080. The van der Waals surface area contributed by atoms with Crippen LogP contribution < -0.4 is 0 Å². The minimum absolute atomic E-state index is 0.00371. The number of benzene rings is 4. The van der Waals surface area contributed by atoms with Crippen molar-refractivity contribution in [1.29, 1.82) is 0 Å². The molecule has 0 bridgehead atoms. The highest BCUT2D eigenvalue weighted by Crippen LogP contribution is 2.54. The second kappa shape index (κ2) is 33.9. The molecular weight excluding hydrogens is 993 g/mol. The van der Waals surface area contributed by atoms with Gasteiger partial charge in [-0.15, -0.1) is 23.5 Å². The molecule has 408 valence electrons. The summed E-state index contributed by atoms with van der Waals surface area (Å²) in [6.45, 7) is 9.27. The number of aryl methyl sites for hydroxylation is 2. The summed E-state index contributed by atoms with van der Waals surface area (Å²) in [5.41, 5.74) is 8.60. The molecule has 4 aromatic carbocycles. The van der Waals surface area contributed by atoms with E-state index in [-0.39, 0.29) is 10.8 Å². The molecule has 0 saturated carbocycles. The van der Waals surface area contributed by atoms with Crippen LogP contribution in [0.25, 0.3) is 0 Å². The van der Waals surface area contributed by atoms with Gasteiger partial charge in [0, 0.05) is 45.0 Å². The Morgan fingerprint density at radius 3 is 1.26 bits per heavy atom. The van der Waals surface area contributed by atoms with Gasteiger partial charge < -0.3 is 20.4 Å². The first-order valence-corrected chi connectivity index (χ1v) is 32.7. The van der Waals surface area contributed by atoms with Crippen molar-refractivity contribution >= 4 is 59.0 Å². The normalized spacial score (nSPS) is 19.0. The molecule has 6 nitrogen and oxygen atoms in total. The molecule has 10 heteroatoms. The third-order valence-corrected chi connectivity index (χ3v) is 20.8. The molecule has 74 heavy (non-hydrogen) atoms. The molecule has 2 aliphatic heterocycles. The van der Waals surface area contributed by atoms with Crippen molar-refractivity contribution in [3.05, 3.63) is 118 Å². The summed E-state index contributed by atoms with van der Waals surface area (Å²) >= 11 is 7.94. The van der Waals surface area contributed by atoms with Gasteiger partial charge in [-0.05, 0) is 153 Å². The lowest BCUT2D eigenvalue weighted by molar-refractivity contribution is -0.138. The first kappa shape index (κ1) is 61.7. The third kappa shape index (κ3) is 21.0. The molecule has 0 spiro atoms. The Balaban J connectivity index is 0.000000274. The van der Waals surface area contributed by atoms with E-state index < -0.39 is 11.9 Å². The molecule has 2 unspecified atom stereocenters. The van der Waals surface area contributed by atoms with Crippen LogP contribution in [-0.2, 0) is 20.4 Å². The van der Waals surface area contributed by atoms with E-state index in [1.54, 1.807) is 17.7 Å². The Morgan fingerprint density at radius 2 is 0.811 bits per heavy atom. The Morgan fingerprint density at radius 1 is 0.459 bits per heavy atom. The number of carboxylic acids is 2. The maximum atomic E-state index is 10.5. The average Bonchev–Trinajstić information content (AvgIpc) is 3.38. The zero-order chi connectivity index (χ0) is 53.0. The number of hydrogen-bond donors (Lipinski definition) is 4. The van der Waals surface area contributed by atoms with Gasteiger partial charge >= 0.3 is 11.9 Å². The van der Waals surface area contributed by atoms with E-state index in [0.717, 1.165) is 62.2 Å². The first-order chi connectivity index (χ1) is 35.8. The van der Waals surface area contributed by atoms with Crippen molar-refractivity contribution in [2.75, 3.05) is 34.5 Å². The molecule has 2 heterocycles. The van der Waals surface area contributed by atoms with Crippen LogP contribution in [0.4, 0.5) is 0 Å². The van der Waals surface area contributed by atoms with Crippen molar-refractivity contribution in [3.8, 4) is 11.5 Å². The number of phenols is 2. The summed E-state index contributed by atoms with van der Waals surface area (Å²) in [4.78, 5) is 23.8. The fourth-order valence-electron chi connectivity index (χ4n) is 11.0. The van der Waals surface area contributed by atoms with Gasteiger partial charge in [0.1, 0.15) is 11.5 Å². The van der Waals surface area contributed by atoms with Crippen molar-refractivity contribution in [2.45, 2.75) is 214 Å². The molecule has 6 rings (SSSR count). The number of rotatable bonds is 34. The van der Waals surface area contributed by atoms with Gasteiger partial charge in [0.15, 0.2) is 0 Å². The quantitative estimate of drug-likeness (QED) is 0.0337. The number of aliphatic carboxylic acids is 2. The van der Waals surface area contributed by atoms with Crippen LogP contribution in [-0.4, -0.2) is 66.9 Å². The molecule has 4 atom stereocenters. The lowest BCUT2D eigenvalue weighted by atomic mass is 9.67. The van der Waals surface area contributed by atoms with Gasteiger partial charge in [-0.2, -0.15) is 23.5 Å². The van der Waals surface area contributed by atoms with Crippen LogP contribution in [0.1, 0.15) is 213 Å². The number of fused-ring (bicyclic) bond motifs is 2. The second-order valence-corrected chi connectivity index (χ2v) is 26.3. The van der Waals surface area contributed by atoms with E-state index in [4.69, 9.17) is 10.2 Å². The van der Waals surface area contributed by atoms with Gasteiger partial charge in [-0.3, -0.25) is 9.59 Å². The molecule has 0 aromatic heterocycles. The zero-order valence-corrected chi connectivity index (χ0v) is 49.0. The zero-order valence-electron chi connectivity index (χ0n) is 45.7. The molecule has 0 amide bonds. The molecular formula is C64H92O6S4. The Kier molecular flexibility index (Phi) is 28.2. The number of phenolic OH excluding ortho intramolecular Hbond substituents is 2. The summed E-state index contributed by atoms with van der Waals surface area (Å²) in [6, 6.07) is 30.1. The first-order valence-electron chi connectivity index (χ1n) is 28.4. The van der Waals surface area contributed by atoms with E-state index >= 15 is 0 Å². The predicted octanol–water partition coefficient (Wildman–Crippen LogP) is 18.7. The number of aromatic hydroxyl groups is 2. The highest BCUT2D eigenvalue weighted by atomic mass is 32.2. The summed E-state index contributed by atoms with van der Waals surface area (Å²) in [7, 11) is 0. The number of thioether (sulfide) groups is 4. The lowest BCUT2D eigenvalue weighted by Gasteiger charge is -2.43. The topological polar surface area (TPSA) is 115 Å². The van der Waals surface area contributed by atoms with Crippen LogP contribution in [0.5, 0.6) is 11.5 Å². The van der Waals surface area contributed by atoms with E-state index in [0.29, 0.717) is 36.2 Å². The lowest BCUT2D eigenvalue weighted by Crippen LogP contribution is -2.36. The van der Waals surface area contributed by atoms with E-state index in [1.807, 2.05) is 47.4 Å². The minimum Gasteiger partial charge on any atom is -0.508 e. The molecule has 4 aromatic rings. The monoisotopic (exact) mass is 1080 g/mol. The maximum Gasteiger partial charge on any atom is 0.303 e. The van der Waals surface area contributed by atoms with Gasteiger partial charge in [0.2, 0.25) is 0 Å². The third-order valence-electron chi connectivity index (χ3n) is 15.7. The fourth-order valence-corrected chi connectivity index (χ4v) is 15.9. The molecule has 0 saturated heterocycles. The molecule has 4 N–H and O–H groups in total. The van der Waals surface area contributed by atoms with Crippen molar-refractivity contribution < 1.29 is 30.0 Å². The SMILES string of the molecule is C[C@]1(c2ccc(O)cc2)CSc2cc(O)ccc2[C@H]1CCCCCCCCCSCCCCCC(=O)O.Cc1ccc(C2(C)CSc3cc(C)ccc3C2CCCCCCCCCSCCCCCC(=O)O)cc1. The number of carboxylic acid groups (broad SMARTS) is 2. The van der Waals surface area contributed by atoms with E-state index in [9.17, 15) is 19.8 Å². The number of hydrogen-bond acceptors (Lipinski definition) is 8. The largest absolute Gasteiger partial charge is 0.508 e. The van der Waals surface area contributed by atoms with Crippen LogP contribution >= 0.6 is 47.0 Å². The van der Waals surface area contributed by atoms with Gasteiger partial charge in [-0.25, -0.2) is 0 Å². The predicted molar refractivity (Wildman–Crippen MR) is 321 cm³/mol. The number of carbonyl (C=O) groups is 2. The molecule has 0 fully saturated rings. The van der Waals surface area contributed by atoms with E-state index in [2.05, 4.69) is 100 Å². The van der Waals surface area contributed by atoms with Crippen LogP contribution in [0, 0.1) is 13.8 Å². The molecule has 0 radical (unpaired) electrons. The fraction of sp³-hybridized carbons (Fsp3) is 0.594. The molecule has 0 aliphatic carbocycles. The standard InChI is InChI=1S/C33H48O2S2.C31H44O4S2/c1-26-16-19-28(20-17-26)33(3)25-37-31-24-27(2)18-21-29(31)30(33)14-10-7-5-4-6-8-12-22-36-23-13-9-11-15-32(34)35;1-31(24-14-16-25(32)17-15-24)23-37-29-22-26(33)18-19-27(29)28(31)12-8-5-3-2-4-6-10-20-36-21-11-7-9-13-30(34)35/h16-21,24,30H,4-15,22-23,25H2,1-3H3,(H,34,35);14-19,22,28,32-33H,2-13,20-21,23H2,1H3,(H,34,35)/t;28-,31-/m.1/s1. The van der Waals surface area contributed by atoms with E-state index in [1.165, 1.54) is 151 Å². The van der Waals surface area contributed by atoms with Gasteiger partial charge in [0.25, 0.3) is 0 Å². The van der Waals surface area contributed by atoms with Gasteiger partial charge in [0.05, 0.1) is 0 Å². The summed E-state index contributed by atoms with van der Waals surface area (Å²) in [5.74, 6) is 7.26. The Labute approximate surface area is 464 Å². The van der Waals surface area contributed by atoms with Crippen LogP contribution in [0.3, 0.4) is 0 Å². The van der Waals surface area contributed by atoms with Gasteiger partial charge in [-0.1, -0.05) is 169 Å².